The standard InChI is InChI=1S/C15H19BrO5/c1-6-21-15(18)13(17)12-9(16)7-10(19-4)14(20-5)11(12)8(2)3/h7-8H,6H2,1-5H3. The molecule has 1 aromatic rings. The van der Waals surface area contributed by atoms with Crippen LogP contribution in [0.2, 0.25) is 0 Å². The lowest BCUT2D eigenvalue weighted by molar-refractivity contribution is -0.137. The zero-order chi connectivity index (χ0) is 16.2. The Balaban J connectivity index is 3.57. The van der Waals surface area contributed by atoms with E-state index in [1.54, 1.807) is 13.0 Å². The Hall–Kier alpha value is -1.56. The number of ketones is 1. The van der Waals surface area contributed by atoms with Gasteiger partial charge in [0.15, 0.2) is 11.5 Å². The molecule has 0 fully saturated rings. The molecule has 0 saturated heterocycles. The van der Waals surface area contributed by atoms with Crippen LogP contribution in [0, 0.1) is 0 Å². The number of carbonyl (C=O) groups is 2. The van der Waals surface area contributed by atoms with Crippen LogP contribution in [0.4, 0.5) is 0 Å². The number of hydrogen-bond acceptors (Lipinski definition) is 5. The van der Waals surface area contributed by atoms with Gasteiger partial charge in [0.1, 0.15) is 0 Å². The minimum absolute atomic E-state index is 0.0419. The molecule has 21 heavy (non-hydrogen) atoms. The molecule has 5 nitrogen and oxygen atoms in total. The van der Waals surface area contributed by atoms with Crippen molar-refractivity contribution >= 4 is 27.7 Å². The van der Waals surface area contributed by atoms with E-state index in [4.69, 9.17) is 14.2 Å². The van der Waals surface area contributed by atoms with Crippen LogP contribution in [-0.2, 0) is 9.53 Å². The second kappa shape index (κ2) is 7.45. The summed E-state index contributed by atoms with van der Waals surface area (Å²) < 4.78 is 15.9. The van der Waals surface area contributed by atoms with Crippen LogP contribution in [0.15, 0.2) is 10.5 Å². The predicted octanol–water partition coefficient (Wildman–Crippen LogP) is 3.34. The molecule has 0 heterocycles. The van der Waals surface area contributed by atoms with Gasteiger partial charge in [-0.05, 0) is 34.8 Å². The third kappa shape index (κ3) is 3.56. The van der Waals surface area contributed by atoms with E-state index in [0.717, 1.165) is 0 Å². The van der Waals surface area contributed by atoms with Crippen LogP contribution in [0.5, 0.6) is 11.5 Å². The number of halogens is 1. The highest BCUT2D eigenvalue weighted by Gasteiger charge is 2.29. The molecule has 0 spiro atoms. The molecule has 0 saturated carbocycles. The molecule has 1 rings (SSSR count). The van der Waals surface area contributed by atoms with Crippen molar-refractivity contribution in [2.75, 3.05) is 20.8 Å². The Bertz CT molecular complexity index is 551. The fourth-order valence-electron chi connectivity index (χ4n) is 2.07. The molecular weight excluding hydrogens is 340 g/mol. The second-order valence-electron chi connectivity index (χ2n) is 4.59. The van der Waals surface area contributed by atoms with E-state index < -0.39 is 11.8 Å². The summed E-state index contributed by atoms with van der Waals surface area (Å²) in [5.41, 5.74) is 0.864. The molecule has 0 bridgehead atoms. The quantitative estimate of drug-likeness (QED) is 0.443. The molecule has 0 aliphatic heterocycles. The van der Waals surface area contributed by atoms with E-state index in [0.29, 0.717) is 21.5 Å². The summed E-state index contributed by atoms with van der Waals surface area (Å²) in [6.45, 7) is 5.61. The van der Waals surface area contributed by atoms with E-state index in [-0.39, 0.29) is 18.1 Å². The van der Waals surface area contributed by atoms with E-state index in [2.05, 4.69) is 15.9 Å². The number of rotatable bonds is 6. The van der Waals surface area contributed by atoms with Crippen LogP contribution in [0.25, 0.3) is 0 Å². The van der Waals surface area contributed by atoms with E-state index in [1.807, 2.05) is 13.8 Å². The van der Waals surface area contributed by atoms with Crippen LogP contribution >= 0.6 is 15.9 Å². The van der Waals surface area contributed by atoms with Crippen LogP contribution in [0.1, 0.15) is 42.6 Å². The Morgan fingerprint density at radius 2 is 1.86 bits per heavy atom. The highest BCUT2D eigenvalue weighted by atomic mass is 79.9. The molecule has 0 atom stereocenters. The van der Waals surface area contributed by atoms with Gasteiger partial charge in [-0.3, -0.25) is 4.79 Å². The summed E-state index contributed by atoms with van der Waals surface area (Å²) in [6.07, 6.45) is 0. The number of hydrogen-bond donors (Lipinski definition) is 0. The summed E-state index contributed by atoms with van der Waals surface area (Å²) in [7, 11) is 3.01. The largest absolute Gasteiger partial charge is 0.493 e. The number of methoxy groups -OCH3 is 2. The minimum atomic E-state index is -0.882. The molecule has 6 heteroatoms. The Morgan fingerprint density at radius 1 is 1.24 bits per heavy atom. The first-order valence-electron chi connectivity index (χ1n) is 6.54. The third-order valence-corrected chi connectivity index (χ3v) is 3.55. The predicted molar refractivity (Wildman–Crippen MR) is 82.3 cm³/mol. The van der Waals surface area contributed by atoms with Crippen molar-refractivity contribution in [3.05, 3.63) is 21.7 Å². The topological polar surface area (TPSA) is 61.8 Å². The Labute approximate surface area is 132 Å². The van der Waals surface area contributed by atoms with E-state index in [9.17, 15) is 9.59 Å². The second-order valence-corrected chi connectivity index (χ2v) is 5.44. The third-order valence-electron chi connectivity index (χ3n) is 2.92. The highest BCUT2D eigenvalue weighted by Crippen LogP contribution is 2.42. The van der Waals surface area contributed by atoms with Crippen LogP contribution in [-0.4, -0.2) is 32.6 Å². The molecule has 0 unspecified atom stereocenters. The number of benzene rings is 1. The lowest BCUT2D eigenvalue weighted by Gasteiger charge is -2.20. The average Bonchev–Trinajstić information content (AvgIpc) is 2.45. The maximum Gasteiger partial charge on any atom is 0.379 e. The zero-order valence-corrected chi connectivity index (χ0v) is 14.4. The van der Waals surface area contributed by atoms with Gasteiger partial charge >= 0.3 is 5.97 Å². The van der Waals surface area contributed by atoms with Gasteiger partial charge in [0, 0.05) is 10.0 Å². The van der Waals surface area contributed by atoms with Gasteiger partial charge in [-0.1, -0.05) is 13.8 Å². The average molecular weight is 359 g/mol. The van der Waals surface area contributed by atoms with Crippen molar-refractivity contribution in [3.8, 4) is 11.5 Å². The van der Waals surface area contributed by atoms with Gasteiger partial charge in [0.05, 0.1) is 26.4 Å². The number of Topliss-reactive ketones (excluding diaryl/α,β-unsaturated/α-hetero) is 1. The first-order chi connectivity index (χ1) is 9.88. The SMILES string of the molecule is CCOC(=O)C(=O)c1c(Br)cc(OC)c(OC)c1C(C)C. The van der Waals surface area contributed by atoms with Gasteiger partial charge in [-0.25, -0.2) is 4.79 Å². The van der Waals surface area contributed by atoms with Crippen LogP contribution in [0.3, 0.4) is 0 Å². The van der Waals surface area contributed by atoms with Gasteiger partial charge in [0.25, 0.3) is 5.78 Å². The Kier molecular flexibility index (Phi) is 6.20. The molecule has 116 valence electrons. The molecule has 0 amide bonds. The summed E-state index contributed by atoms with van der Waals surface area (Å²) in [5.74, 6) is -0.683. The summed E-state index contributed by atoms with van der Waals surface area (Å²) in [5, 5.41) is 0. The van der Waals surface area contributed by atoms with Crippen molar-refractivity contribution < 1.29 is 23.8 Å². The lowest BCUT2D eigenvalue weighted by atomic mass is 9.93. The van der Waals surface area contributed by atoms with Gasteiger partial charge in [0.2, 0.25) is 0 Å². The Morgan fingerprint density at radius 3 is 2.29 bits per heavy atom. The fourth-order valence-corrected chi connectivity index (χ4v) is 2.67. The zero-order valence-electron chi connectivity index (χ0n) is 12.8. The normalized spacial score (nSPS) is 10.4. The van der Waals surface area contributed by atoms with E-state index in [1.165, 1.54) is 14.2 Å². The molecule has 1 aromatic carbocycles. The highest BCUT2D eigenvalue weighted by molar-refractivity contribution is 9.10. The van der Waals surface area contributed by atoms with Crippen LogP contribution < -0.4 is 9.47 Å². The smallest absolute Gasteiger partial charge is 0.379 e. The monoisotopic (exact) mass is 358 g/mol. The van der Waals surface area contributed by atoms with Gasteiger partial charge in [-0.2, -0.15) is 0 Å². The first kappa shape index (κ1) is 17.5. The van der Waals surface area contributed by atoms with Crippen molar-refractivity contribution in [2.45, 2.75) is 26.7 Å². The summed E-state index contributed by atoms with van der Waals surface area (Å²) in [4.78, 5) is 24.1. The molecule has 0 N–H and O–H groups in total. The lowest BCUT2D eigenvalue weighted by Crippen LogP contribution is -2.20. The molecule has 0 radical (unpaired) electrons. The maximum absolute atomic E-state index is 12.3. The van der Waals surface area contributed by atoms with Gasteiger partial charge < -0.3 is 14.2 Å². The van der Waals surface area contributed by atoms with Crippen molar-refractivity contribution in [2.24, 2.45) is 0 Å². The number of ether oxygens (including phenoxy) is 3. The summed E-state index contributed by atoms with van der Waals surface area (Å²) >= 11 is 3.33. The van der Waals surface area contributed by atoms with Crippen molar-refractivity contribution in [3.63, 3.8) is 0 Å². The van der Waals surface area contributed by atoms with Crippen molar-refractivity contribution in [1.82, 2.24) is 0 Å². The van der Waals surface area contributed by atoms with E-state index >= 15 is 0 Å². The first-order valence-corrected chi connectivity index (χ1v) is 7.34. The van der Waals surface area contributed by atoms with Crippen molar-refractivity contribution in [1.29, 1.82) is 0 Å². The molecule has 0 aliphatic rings. The maximum atomic E-state index is 12.3. The van der Waals surface area contributed by atoms with Gasteiger partial charge in [-0.15, -0.1) is 0 Å². The molecule has 0 aliphatic carbocycles. The minimum Gasteiger partial charge on any atom is -0.493 e. The number of esters is 1. The molecule has 0 aromatic heterocycles. The number of carbonyl (C=O) groups excluding carboxylic acids is 2. The summed E-state index contributed by atoms with van der Waals surface area (Å²) in [6, 6.07) is 1.61. The molecular formula is C15H19BrO5. The fraction of sp³-hybridized carbons (Fsp3) is 0.467.